The molecule has 1 aromatic carbocycles. The largest absolute Gasteiger partial charge is 0.356 e. The summed E-state index contributed by atoms with van der Waals surface area (Å²) in [5.41, 5.74) is -1.19. The highest BCUT2D eigenvalue weighted by Gasteiger charge is 2.24. The first kappa shape index (κ1) is 18.1. The molecule has 0 saturated heterocycles. The third-order valence-electron chi connectivity index (χ3n) is 2.35. The molecule has 120 valence electrons. The van der Waals surface area contributed by atoms with Crippen LogP contribution in [0.5, 0.6) is 0 Å². The van der Waals surface area contributed by atoms with Crippen LogP contribution in [-0.2, 0) is 9.59 Å². The Bertz CT molecular complexity index is 604. The van der Waals surface area contributed by atoms with E-state index in [1.54, 1.807) is 0 Å². The van der Waals surface area contributed by atoms with Crippen molar-refractivity contribution in [1.29, 1.82) is 0 Å². The van der Waals surface area contributed by atoms with E-state index in [-0.39, 0.29) is 18.2 Å². The summed E-state index contributed by atoms with van der Waals surface area (Å²) in [6.07, 6.45) is 1.21. The Morgan fingerprint density at radius 2 is 1.50 bits per heavy atom. The number of amides is 1. The standard InChI is InChI=1S/C13H10F5NO2S/c1-6(20)19-4-5-22-8(21)3-2-7-9(14)11(16)13(18)12(17)10(7)15/h2-3H,4-5H2,1H3,(H,19,20)/b3-2+. The van der Waals surface area contributed by atoms with Gasteiger partial charge in [-0.2, -0.15) is 0 Å². The van der Waals surface area contributed by atoms with Crippen molar-refractivity contribution in [3.8, 4) is 0 Å². The van der Waals surface area contributed by atoms with Crippen molar-refractivity contribution in [3.05, 3.63) is 40.7 Å². The Balaban J connectivity index is 2.78. The maximum absolute atomic E-state index is 13.3. The summed E-state index contributed by atoms with van der Waals surface area (Å²) in [7, 11) is 0. The molecular formula is C13H10F5NO2S. The molecule has 0 aliphatic rings. The van der Waals surface area contributed by atoms with Gasteiger partial charge < -0.3 is 5.32 Å². The highest BCUT2D eigenvalue weighted by Crippen LogP contribution is 2.24. The summed E-state index contributed by atoms with van der Waals surface area (Å²) in [4.78, 5) is 21.9. The second-order valence-electron chi connectivity index (χ2n) is 3.97. The second kappa shape index (κ2) is 7.92. The zero-order chi connectivity index (χ0) is 16.9. The number of rotatable bonds is 5. The van der Waals surface area contributed by atoms with Gasteiger partial charge in [0.05, 0.1) is 5.56 Å². The topological polar surface area (TPSA) is 46.2 Å². The Morgan fingerprint density at radius 3 is 2.00 bits per heavy atom. The molecule has 1 aromatic rings. The zero-order valence-corrected chi connectivity index (χ0v) is 12.0. The van der Waals surface area contributed by atoms with Gasteiger partial charge in [0.1, 0.15) is 0 Å². The molecule has 3 nitrogen and oxygen atoms in total. The van der Waals surface area contributed by atoms with Gasteiger partial charge in [-0.05, 0) is 12.2 Å². The van der Waals surface area contributed by atoms with Crippen molar-refractivity contribution in [2.24, 2.45) is 0 Å². The minimum absolute atomic E-state index is 0.194. The maximum Gasteiger partial charge on any atom is 0.216 e. The number of halogens is 5. The first-order chi connectivity index (χ1) is 10.3. The molecule has 0 heterocycles. The number of hydrogen-bond donors (Lipinski definition) is 1. The number of benzene rings is 1. The molecular weight excluding hydrogens is 329 g/mol. The molecule has 0 aromatic heterocycles. The third kappa shape index (κ3) is 4.55. The van der Waals surface area contributed by atoms with Crippen LogP contribution in [0.25, 0.3) is 6.08 Å². The predicted molar refractivity (Wildman–Crippen MR) is 71.4 cm³/mol. The fourth-order valence-corrected chi connectivity index (χ4v) is 1.92. The van der Waals surface area contributed by atoms with E-state index in [2.05, 4.69) is 5.32 Å². The predicted octanol–water partition coefficient (Wildman–Crippen LogP) is 2.79. The summed E-state index contributed by atoms with van der Waals surface area (Å²) in [6.45, 7) is 1.48. The van der Waals surface area contributed by atoms with Crippen molar-refractivity contribution in [3.63, 3.8) is 0 Å². The van der Waals surface area contributed by atoms with Crippen LogP contribution in [0.3, 0.4) is 0 Å². The monoisotopic (exact) mass is 339 g/mol. The van der Waals surface area contributed by atoms with Gasteiger partial charge in [-0.15, -0.1) is 0 Å². The fraction of sp³-hybridized carbons (Fsp3) is 0.231. The van der Waals surface area contributed by atoms with Crippen LogP contribution in [0.2, 0.25) is 0 Å². The van der Waals surface area contributed by atoms with Gasteiger partial charge in [-0.25, -0.2) is 22.0 Å². The summed E-state index contributed by atoms with van der Waals surface area (Å²) >= 11 is 0.714. The molecule has 0 fully saturated rings. The van der Waals surface area contributed by atoms with Crippen LogP contribution < -0.4 is 5.32 Å². The molecule has 0 aliphatic heterocycles. The first-order valence-electron chi connectivity index (χ1n) is 5.86. The molecule has 1 rings (SSSR count). The van der Waals surface area contributed by atoms with E-state index in [1.165, 1.54) is 6.92 Å². The summed E-state index contributed by atoms with van der Waals surface area (Å²) < 4.78 is 65.3. The quantitative estimate of drug-likeness (QED) is 0.295. The van der Waals surface area contributed by atoms with Crippen molar-refractivity contribution in [2.75, 3.05) is 12.3 Å². The second-order valence-corrected chi connectivity index (χ2v) is 5.07. The minimum atomic E-state index is -2.26. The SMILES string of the molecule is CC(=O)NCCSC(=O)/C=C/c1c(F)c(F)c(F)c(F)c1F. The van der Waals surface area contributed by atoms with E-state index in [0.29, 0.717) is 23.9 Å². The Labute approximate surface area is 126 Å². The number of nitrogens with one attached hydrogen (secondary N) is 1. The third-order valence-corrected chi connectivity index (χ3v) is 3.18. The number of carbonyl (C=O) groups excluding carboxylic acids is 2. The van der Waals surface area contributed by atoms with E-state index in [4.69, 9.17) is 0 Å². The molecule has 0 atom stereocenters. The molecule has 0 radical (unpaired) electrons. The molecule has 0 aliphatic carbocycles. The fourth-order valence-electron chi connectivity index (χ4n) is 1.35. The van der Waals surface area contributed by atoms with Crippen molar-refractivity contribution >= 4 is 28.9 Å². The molecule has 1 amide bonds. The zero-order valence-electron chi connectivity index (χ0n) is 11.2. The summed E-state index contributed by atoms with van der Waals surface area (Å²) in [5, 5.41) is 1.76. The lowest BCUT2D eigenvalue weighted by Gasteiger charge is -2.04. The van der Waals surface area contributed by atoms with Gasteiger partial charge >= 0.3 is 0 Å². The van der Waals surface area contributed by atoms with Crippen LogP contribution >= 0.6 is 11.8 Å². The van der Waals surface area contributed by atoms with E-state index in [1.807, 2.05) is 0 Å². The van der Waals surface area contributed by atoms with Gasteiger partial charge in [-0.3, -0.25) is 9.59 Å². The Kier molecular flexibility index (Phi) is 6.54. The Hall–Kier alpha value is -1.90. The van der Waals surface area contributed by atoms with Crippen molar-refractivity contribution < 1.29 is 31.5 Å². The van der Waals surface area contributed by atoms with Gasteiger partial charge in [-0.1, -0.05) is 11.8 Å². The van der Waals surface area contributed by atoms with E-state index in [0.717, 1.165) is 0 Å². The van der Waals surface area contributed by atoms with Gasteiger partial charge in [0, 0.05) is 19.2 Å². The van der Waals surface area contributed by atoms with E-state index < -0.39 is 39.8 Å². The molecule has 0 bridgehead atoms. The van der Waals surface area contributed by atoms with Gasteiger partial charge in [0.25, 0.3) is 0 Å². The van der Waals surface area contributed by atoms with Crippen LogP contribution in [0, 0.1) is 29.1 Å². The van der Waals surface area contributed by atoms with Crippen LogP contribution in [0.4, 0.5) is 22.0 Å². The molecule has 0 spiro atoms. The van der Waals surface area contributed by atoms with Crippen molar-refractivity contribution in [2.45, 2.75) is 6.92 Å². The lowest BCUT2D eigenvalue weighted by Crippen LogP contribution is -2.22. The normalized spacial score (nSPS) is 11.0. The first-order valence-corrected chi connectivity index (χ1v) is 6.85. The highest BCUT2D eigenvalue weighted by atomic mass is 32.2. The van der Waals surface area contributed by atoms with Crippen LogP contribution in [-0.4, -0.2) is 23.3 Å². The summed E-state index contributed by atoms with van der Waals surface area (Å²) in [6, 6.07) is 0. The number of carbonyl (C=O) groups is 2. The molecule has 1 N–H and O–H groups in total. The lowest BCUT2D eigenvalue weighted by atomic mass is 10.1. The van der Waals surface area contributed by atoms with E-state index in [9.17, 15) is 31.5 Å². The molecule has 9 heteroatoms. The maximum atomic E-state index is 13.3. The number of thioether (sulfide) groups is 1. The molecule has 0 unspecified atom stereocenters. The average Bonchev–Trinajstić information content (AvgIpc) is 2.47. The average molecular weight is 339 g/mol. The van der Waals surface area contributed by atoms with Crippen LogP contribution in [0.15, 0.2) is 6.08 Å². The Morgan fingerprint density at radius 1 is 1.00 bits per heavy atom. The minimum Gasteiger partial charge on any atom is -0.356 e. The van der Waals surface area contributed by atoms with E-state index >= 15 is 0 Å². The lowest BCUT2D eigenvalue weighted by molar-refractivity contribution is -0.118. The van der Waals surface area contributed by atoms with Crippen LogP contribution in [0.1, 0.15) is 12.5 Å². The molecule has 22 heavy (non-hydrogen) atoms. The van der Waals surface area contributed by atoms with Gasteiger partial charge in [0.15, 0.2) is 23.3 Å². The number of hydrogen-bond acceptors (Lipinski definition) is 3. The van der Waals surface area contributed by atoms with Crippen molar-refractivity contribution in [1.82, 2.24) is 5.32 Å². The molecule has 0 saturated carbocycles. The smallest absolute Gasteiger partial charge is 0.216 e. The van der Waals surface area contributed by atoms with Gasteiger partial charge in [0.2, 0.25) is 16.8 Å². The summed E-state index contributed by atoms with van der Waals surface area (Å²) in [5.74, 6) is -10.5. The highest BCUT2D eigenvalue weighted by molar-refractivity contribution is 8.14.